The average Bonchev–Trinajstić information content (AvgIpc) is 2.95. The zero-order valence-electron chi connectivity index (χ0n) is 16.9. The molecule has 1 unspecified atom stereocenters. The Morgan fingerprint density at radius 1 is 1.33 bits per heavy atom. The van der Waals surface area contributed by atoms with E-state index in [1.54, 1.807) is 14.0 Å². The number of rotatable bonds is 9. The fourth-order valence-corrected chi connectivity index (χ4v) is 3.15. The molecule has 0 radical (unpaired) electrons. The van der Waals surface area contributed by atoms with Crippen molar-refractivity contribution in [1.82, 2.24) is 10.6 Å². The Morgan fingerprint density at radius 2 is 1.96 bits per heavy atom. The maximum Gasteiger partial charge on any atom is 0.414 e. The predicted molar refractivity (Wildman–Crippen MR) is 104 cm³/mol. The van der Waals surface area contributed by atoms with Crippen LogP contribution < -0.4 is 10.6 Å². The Kier molecular flexibility index (Phi) is 8.38. The summed E-state index contributed by atoms with van der Waals surface area (Å²) < 4.78 is 39.7. The van der Waals surface area contributed by atoms with Crippen LogP contribution in [-0.2, 0) is 4.79 Å². The summed E-state index contributed by atoms with van der Waals surface area (Å²) in [5.41, 5.74) is 1.25. The molecule has 0 fully saturated rings. The zero-order valence-corrected chi connectivity index (χ0v) is 16.9. The summed E-state index contributed by atoms with van der Waals surface area (Å²) in [6.07, 6.45) is 0.898. The van der Waals surface area contributed by atoms with Gasteiger partial charge in [-0.25, -0.2) is 0 Å². The van der Waals surface area contributed by atoms with Crippen LogP contribution in [0.15, 0.2) is 46.3 Å². The van der Waals surface area contributed by atoms with Crippen LogP contribution in [0.2, 0.25) is 0 Å². The topological polar surface area (TPSA) is 41.1 Å². The molecular formula is C21H31F3N2O. The Morgan fingerprint density at radius 3 is 2.48 bits per heavy atom. The van der Waals surface area contributed by atoms with Gasteiger partial charge in [-0.15, -0.1) is 0 Å². The van der Waals surface area contributed by atoms with E-state index in [4.69, 9.17) is 0 Å². The third kappa shape index (κ3) is 6.29. The molecular weight excluding hydrogens is 353 g/mol. The van der Waals surface area contributed by atoms with E-state index in [0.29, 0.717) is 16.8 Å². The number of likely N-dealkylation sites (N-methyl/N-ethyl adjacent to an activating group) is 1. The standard InChI is InChI=1S/C21H31F3N2O/c1-7-8-9-10-14(3)15(4)19(16(5)25-6)20(27)26-18-12-13(2)11-17(18)21(22,23)24/h12,14,25H,5,7-11H2,1-4,6H3,(H,26,27)/b19-15+. The highest BCUT2D eigenvalue weighted by Crippen LogP contribution is 2.37. The van der Waals surface area contributed by atoms with Gasteiger partial charge in [0, 0.05) is 24.9 Å². The fourth-order valence-electron chi connectivity index (χ4n) is 3.15. The van der Waals surface area contributed by atoms with Crippen molar-refractivity contribution in [1.29, 1.82) is 0 Å². The van der Waals surface area contributed by atoms with E-state index in [-0.39, 0.29) is 18.0 Å². The smallest absolute Gasteiger partial charge is 0.388 e. The van der Waals surface area contributed by atoms with Gasteiger partial charge in [-0.1, -0.05) is 50.8 Å². The number of amides is 1. The van der Waals surface area contributed by atoms with Gasteiger partial charge in [0.2, 0.25) is 0 Å². The van der Waals surface area contributed by atoms with Crippen molar-refractivity contribution >= 4 is 5.91 Å². The van der Waals surface area contributed by atoms with Crippen LogP contribution in [0, 0.1) is 5.92 Å². The molecule has 0 bridgehead atoms. The predicted octanol–water partition coefficient (Wildman–Crippen LogP) is 5.54. The van der Waals surface area contributed by atoms with Gasteiger partial charge in [0.25, 0.3) is 5.91 Å². The zero-order chi connectivity index (χ0) is 20.8. The molecule has 1 aliphatic carbocycles. The molecule has 3 nitrogen and oxygen atoms in total. The summed E-state index contributed by atoms with van der Waals surface area (Å²) in [5.74, 6) is -0.420. The van der Waals surface area contributed by atoms with Gasteiger partial charge >= 0.3 is 6.18 Å². The largest absolute Gasteiger partial charge is 0.414 e. The number of hydrogen-bond donors (Lipinski definition) is 2. The lowest BCUT2D eigenvalue weighted by Crippen LogP contribution is -2.30. The molecule has 0 saturated carbocycles. The number of halogens is 3. The van der Waals surface area contributed by atoms with Gasteiger partial charge in [-0.05, 0) is 32.3 Å². The number of unbranched alkanes of at least 4 members (excludes halogenated alkanes) is 2. The molecule has 1 rings (SSSR count). The highest BCUT2D eigenvalue weighted by atomic mass is 19.4. The quantitative estimate of drug-likeness (QED) is 0.311. The van der Waals surface area contributed by atoms with Gasteiger partial charge < -0.3 is 10.6 Å². The first-order chi connectivity index (χ1) is 12.5. The third-order valence-electron chi connectivity index (χ3n) is 4.97. The summed E-state index contributed by atoms with van der Waals surface area (Å²) in [4.78, 5) is 12.9. The Labute approximate surface area is 160 Å². The number of nitrogens with one attached hydrogen (secondary N) is 2. The highest BCUT2D eigenvalue weighted by molar-refractivity contribution is 5.99. The molecule has 0 saturated heterocycles. The number of allylic oxidation sites excluding steroid dienone is 4. The minimum absolute atomic E-state index is 0.138. The lowest BCUT2D eigenvalue weighted by Gasteiger charge is -2.20. The van der Waals surface area contributed by atoms with Crippen molar-refractivity contribution < 1.29 is 18.0 Å². The first kappa shape index (κ1) is 23.1. The number of alkyl halides is 3. The van der Waals surface area contributed by atoms with Crippen molar-refractivity contribution in [3.05, 3.63) is 46.3 Å². The van der Waals surface area contributed by atoms with Gasteiger partial charge in [0.15, 0.2) is 0 Å². The van der Waals surface area contributed by atoms with Crippen LogP contribution >= 0.6 is 0 Å². The molecule has 0 spiro atoms. The van der Waals surface area contributed by atoms with Gasteiger partial charge in [-0.3, -0.25) is 4.79 Å². The minimum Gasteiger partial charge on any atom is -0.388 e. The lowest BCUT2D eigenvalue weighted by molar-refractivity contribution is -0.116. The monoisotopic (exact) mass is 384 g/mol. The maximum atomic E-state index is 13.2. The summed E-state index contributed by atoms with van der Waals surface area (Å²) in [7, 11) is 1.64. The van der Waals surface area contributed by atoms with Crippen molar-refractivity contribution in [3.63, 3.8) is 0 Å². The molecule has 1 aliphatic rings. The van der Waals surface area contributed by atoms with Crippen LogP contribution in [0.4, 0.5) is 13.2 Å². The second kappa shape index (κ2) is 9.81. The molecule has 0 aliphatic heterocycles. The van der Waals surface area contributed by atoms with Gasteiger partial charge in [-0.2, -0.15) is 13.2 Å². The van der Waals surface area contributed by atoms with E-state index in [1.165, 1.54) is 6.08 Å². The number of carbonyl (C=O) groups is 1. The SMILES string of the molecule is C=C(NC)/C(C(=O)NC1=C(C(F)(F)F)CC(C)=C1)=C(/C)C(C)CCCCC. The van der Waals surface area contributed by atoms with Crippen LogP contribution in [0.5, 0.6) is 0 Å². The maximum absolute atomic E-state index is 13.2. The molecule has 6 heteroatoms. The second-order valence-corrected chi connectivity index (χ2v) is 7.19. The Bertz CT molecular complexity index is 669. The number of hydrogen-bond acceptors (Lipinski definition) is 2. The van der Waals surface area contributed by atoms with E-state index in [2.05, 4.69) is 24.1 Å². The van der Waals surface area contributed by atoms with Crippen LogP contribution in [-0.4, -0.2) is 19.1 Å². The molecule has 1 amide bonds. The first-order valence-corrected chi connectivity index (χ1v) is 9.39. The van der Waals surface area contributed by atoms with Crippen molar-refractivity contribution in [2.24, 2.45) is 5.92 Å². The van der Waals surface area contributed by atoms with E-state index in [9.17, 15) is 18.0 Å². The van der Waals surface area contributed by atoms with E-state index in [1.807, 2.05) is 13.8 Å². The van der Waals surface area contributed by atoms with Gasteiger partial charge in [0.05, 0.1) is 11.1 Å². The minimum atomic E-state index is -4.47. The summed E-state index contributed by atoms with van der Waals surface area (Å²) in [6.45, 7) is 11.5. The summed E-state index contributed by atoms with van der Waals surface area (Å²) in [5, 5.41) is 5.33. The second-order valence-electron chi connectivity index (χ2n) is 7.19. The summed E-state index contributed by atoms with van der Waals surface area (Å²) in [6, 6.07) is 0. The van der Waals surface area contributed by atoms with E-state index >= 15 is 0 Å². The molecule has 1 atom stereocenters. The molecule has 0 heterocycles. The number of carbonyl (C=O) groups excluding carboxylic acids is 1. The van der Waals surface area contributed by atoms with Crippen LogP contribution in [0.3, 0.4) is 0 Å². The molecule has 0 aromatic carbocycles. The van der Waals surface area contributed by atoms with Crippen molar-refractivity contribution in [2.45, 2.75) is 66.0 Å². The third-order valence-corrected chi connectivity index (χ3v) is 4.97. The molecule has 0 aromatic heterocycles. The van der Waals surface area contributed by atoms with Crippen molar-refractivity contribution in [2.75, 3.05) is 7.05 Å². The van der Waals surface area contributed by atoms with Gasteiger partial charge in [0.1, 0.15) is 0 Å². The van der Waals surface area contributed by atoms with E-state index in [0.717, 1.165) is 31.3 Å². The van der Waals surface area contributed by atoms with Crippen LogP contribution in [0.1, 0.15) is 59.8 Å². The average molecular weight is 384 g/mol. The highest BCUT2D eigenvalue weighted by Gasteiger charge is 2.38. The summed E-state index contributed by atoms with van der Waals surface area (Å²) >= 11 is 0. The Hall–Kier alpha value is -1.98. The molecule has 27 heavy (non-hydrogen) atoms. The molecule has 0 aromatic rings. The normalized spacial score (nSPS) is 16.7. The lowest BCUT2D eigenvalue weighted by atomic mass is 9.90. The molecule has 152 valence electrons. The van der Waals surface area contributed by atoms with Crippen molar-refractivity contribution in [3.8, 4) is 0 Å². The Balaban J connectivity index is 3.15. The van der Waals surface area contributed by atoms with Crippen LogP contribution in [0.25, 0.3) is 0 Å². The first-order valence-electron chi connectivity index (χ1n) is 9.39. The van der Waals surface area contributed by atoms with E-state index < -0.39 is 17.7 Å². The molecule has 2 N–H and O–H groups in total. The fraction of sp³-hybridized carbons (Fsp3) is 0.571.